The molecule has 3 rings (SSSR count). The number of nitrogens with zero attached hydrogens (tertiary/aromatic N) is 2. The fourth-order valence-corrected chi connectivity index (χ4v) is 3.38. The fourth-order valence-electron chi connectivity index (χ4n) is 2.61. The lowest BCUT2D eigenvalue weighted by molar-refractivity contribution is 0.0691. The quantitative estimate of drug-likeness (QED) is 0.823. The molecule has 0 bridgehead atoms. The molecule has 1 atom stereocenters. The molecule has 1 aliphatic heterocycles. The van der Waals surface area contributed by atoms with Crippen LogP contribution in [0.3, 0.4) is 0 Å². The van der Waals surface area contributed by atoms with E-state index in [0.29, 0.717) is 31.1 Å². The summed E-state index contributed by atoms with van der Waals surface area (Å²) in [7, 11) is 0. The van der Waals surface area contributed by atoms with Gasteiger partial charge in [-0.25, -0.2) is 14.6 Å². The van der Waals surface area contributed by atoms with Crippen molar-refractivity contribution in [1.29, 1.82) is 0 Å². The second-order valence-electron chi connectivity index (χ2n) is 5.70. The molecule has 1 aromatic heterocycles. The third-order valence-corrected chi connectivity index (χ3v) is 4.77. The van der Waals surface area contributed by atoms with Crippen LogP contribution in [0.15, 0.2) is 35.7 Å². The number of carboxylic acids is 1. The number of hydrogen-bond acceptors (Lipinski definition) is 5. The highest BCUT2D eigenvalue weighted by Crippen LogP contribution is 2.18. The number of urea groups is 1. The first-order valence-electron chi connectivity index (χ1n) is 8.04. The number of thiazole rings is 1. The van der Waals surface area contributed by atoms with Crippen molar-refractivity contribution < 1.29 is 19.4 Å². The Hall–Kier alpha value is -2.61. The third-order valence-electron chi connectivity index (χ3n) is 3.86. The van der Waals surface area contributed by atoms with E-state index in [2.05, 4.69) is 10.3 Å². The first-order chi connectivity index (χ1) is 12.1. The summed E-state index contributed by atoms with van der Waals surface area (Å²) < 4.78 is 5.87. The summed E-state index contributed by atoms with van der Waals surface area (Å²) in [6.07, 6.45) is 1.32. The van der Waals surface area contributed by atoms with Gasteiger partial charge in [0.1, 0.15) is 11.9 Å². The summed E-state index contributed by atoms with van der Waals surface area (Å²) >= 11 is 1.29. The van der Waals surface area contributed by atoms with E-state index in [4.69, 9.17) is 9.84 Å². The molecule has 1 saturated heterocycles. The molecule has 0 radical (unpaired) electrons. The molecule has 8 heteroatoms. The van der Waals surface area contributed by atoms with E-state index in [-0.39, 0.29) is 17.8 Å². The zero-order valence-electron chi connectivity index (χ0n) is 13.6. The molecule has 2 amide bonds. The van der Waals surface area contributed by atoms with Gasteiger partial charge in [0.05, 0.1) is 11.6 Å². The monoisotopic (exact) mass is 361 g/mol. The Kier molecular flexibility index (Phi) is 5.49. The number of hydrogen-bond donors (Lipinski definition) is 2. The first kappa shape index (κ1) is 17.2. The van der Waals surface area contributed by atoms with Gasteiger partial charge in [0, 0.05) is 31.3 Å². The first-order valence-corrected chi connectivity index (χ1v) is 8.92. The van der Waals surface area contributed by atoms with Crippen molar-refractivity contribution in [2.75, 3.05) is 19.6 Å². The number of likely N-dealkylation sites (tertiary alicyclic amines) is 1. The number of carbonyl (C=O) groups is 2. The maximum atomic E-state index is 12.2. The van der Waals surface area contributed by atoms with Crippen LogP contribution in [-0.2, 0) is 6.42 Å². The molecule has 2 N–H and O–H groups in total. The average molecular weight is 361 g/mol. The van der Waals surface area contributed by atoms with E-state index in [9.17, 15) is 9.59 Å². The fraction of sp³-hybridized carbons (Fsp3) is 0.353. The Morgan fingerprint density at radius 2 is 2.16 bits per heavy atom. The van der Waals surface area contributed by atoms with E-state index in [1.165, 1.54) is 16.7 Å². The Labute approximate surface area is 149 Å². The minimum Gasteiger partial charge on any atom is -0.489 e. The molecule has 2 aromatic rings. The number of carboxylic acid groups (broad SMARTS) is 1. The molecule has 0 saturated carbocycles. The zero-order valence-corrected chi connectivity index (χ0v) is 14.4. The highest BCUT2D eigenvalue weighted by atomic mass is 32.1. The van der Waals surface area contributed by atoms with Crippen molar-refractivity contribution in [2.45, 2.75) is 18.9 Å². The van der Waals surface area contributed by atoms with E-state index in [1.54, 1.807) is 4.90 Å². The number of aromatic carboxylic acids is 1. The van der Waals surface area contributed by atoms with Crippen LogP contribution in [0.2, 0.25) is 0 Å². The Morgan fingerprint density at radius 1 is 1.36 bits per heavy atom. The van der Waals surface area contributed by atoms with Crippen LogP contribution < -0.4 is 10.1 Å². The molecule has 0 aliphatic carbocycles. The molecule has 25 heavy (non-hydrogen) atoms. The molecule has 2 heterocycles. The van der Waals surface area contributed by atoms with Gasteiger partial charge >= 0.3 is 12.0 Å². The summed E-state index contributed by atoms with van der Waals surface area (Å²) in [6, 6.07) is 9.45. The lowest BCUT2D eigenvalue weighted by atomic mass is 10.3. The molecule has 1 aliphatic rings. The van der Waals surface area contributed by atoms with Gasteiger partial charge in [0.2, 0.25) is 0 Å². The van der Waals surface area contributed by atoms with Gasteiger partial charge in [-0.2, -0.15) is 0 Å². The van der Waals surface area contributed by atoms with E-state index in [1.807, 2.05) is 30.3 Å². The molecule has 1 fully saturated rings. The van der Waals surface area contributed by atoms with Crippen LogP contribution in [0.5, 0.6) is 5.75 Å². The summed E-state index contributed by atoms with van der Waals surface area (Å²) in [5.41, 5.74) is 0.0479. The number of aromatic nitrogens is 1. The van der Waals surface area contributed by atoms with Crippen LogP contribution in [0.1, 0.15) is 21.9 Å². The zero-order chi connectivity index (χ0) is 17.6. The van der Waals surface area contributed by atoms with Crippen LogP contribution in [0.25, 0.3) is 0 Å². The molecular weight excluding hydrogens is 342 g/mol. The number of nitrogens with one attached hydrogen (secondary N) is 1. The van der Waals surface area contributed by atoms with Gasteiger partial charge in [0.25, 0.3) is 0 Å². The Balaban J connectivity index is 1.40. The Bertz CT molecular complexity index is 735. The number of amides is 2. The maximum absolute atomic E-state index is 12.2. The second-order valence-corrected chi connectivity index (χ2v) is 6.64. The van der Waals surface area contributed by atoms with Crippen LogP contribution in [0.4, 0.5) is 4.79 Å². The summed E-state index contributed by atoms with van der Waals surface area (Å²) in [5.74, 6) is -0.221. The SMILES string of the molecule is O=C(O)c1csc(CCNC(=O)N2CCC(Oc3ccccc3)C2)n1. The number of rotatable bonds is 6. The minimum atomic E-state index is -1.03. The van der Waals surface area contributed by atoms with Crippen molar-refractivity contribution in [3.05, 3.63) is 46.4 Å². The lowest BCUT2D eigenvalue weighted by Gasteiger charge is -2.17. The van der Waals surface area contributed by atoms with Crippen molar-refractivity contribution >= 4 is 23.3 Å². The molecule has 132 valence electrons. The van der Waals surface area contributed by atoms with Gasteiger partial charge < -0.3 is 20.1 Å². The molecule has 7 nitrogen and oxygen atoms in total. The molecule has 0 spiro atoms. The van der Waals surface area contributed by atoms with Gasteiger partial charge in [-0.05, 0) is 12.1 Å². The highest BCUT2D eigenvalue weighted by molar-refractivity contribution is 7.09. The highest BCUT2D eigenvalue weighted by Gasteiger charge is 2.27. The molecular formula is C17H19N3O4S. The van der Waals surface area contributed by atoms with Crippen LogP contribution in [0, 0.1) is 0 Å². The largest absolute Gasteiger partial charge is 0.489 e. The van der Waals surface area contributed by atoms with Gasteiger partial charge in [0.15, 0.2) is 5.69 Å². The van der Waals surface area contributed by atoms with Crippen molar-refractivity contribution in [1.82, 2.24) is 15.2 Å². The van der Waals surface area contributed by atoms with E-state index < -0.39 is 5.97 Å². The molecule has 1 aromatic carbocycles. The van der Waals surface area contributed by atoms with Crippen molar-refractivity contribution in [3.8, 4) is 5.75 Å². The number of benzene rings is 1. The topological polar surface area (TPSA) is 91.8 Å². The van der Waals surface area contributed by atoms with Crippen molar-refractivity contribution in [2.24, 2.45) is 0 Å². The predicted octanol–water partition coefficient (Wildman–Crippen LogP) is 2.25. The van der Waals surface area contributed by atoms with Crippen molar-refractivity contribution in [3.63, 3.8) is 0 Å². The standard InChI is InChI=1S/C17H19N3O4S/c21-16(22)14-11-25-15(19-14)6-8-18-17(23)20-9-7-13(10-20)24-12-4-2-1-3-5-12/h1-5,11,13H,6-10H2,(H,18,23)(H,21,22). The van der Waals surface area contributed by atoms with Gasteiger partial charge in [-0.3, -0.25) is 0 Å². The van der Waals surface area contributed by atoms with Gasteiger partial charge in [-0.1, -0.05) is 18.2 Å². The normalized spacial score (nSPS) is 16.6. The smallest absolute Gasteiger partial charge is 0.355 e. The summed E-state index contributed by atoms with van der Waals surface area (Å²) in [5, 5.41) is 13.9. The number of para-hydroxylation sites is 1. The second kappa shape index (κ2) is 7.98. The summed E-state index contributed by atoms with van der Waals surface area (Å²) in [6.45, 7) is 1.64. The maximum Gasteiger partial charge on any atom is 0.355 e. The van der Waals surface area contributed by atoms with Crippen LogP contribution >= 0.6 is 11.3 Å². The van der Waals surface area contributed by atoms with E-state index in [0.717, 1.165) is 12.2 Å². The summed E-state index contributed by atoms with van der Waals surface area (Å²) in [4.78, 5) is 28.7. The van der Waals surface area contributed by atoms with E-state index >= 15 is 0 Å². The Morgan fingerprint density at radius 3 is 2.88 bits per heavy atom. The average Bonchev–Trinajstić information content (AvgIpc) is 3.25. The predicted molar refractivity (Wildman–Crippen MR) is 93.2 cm³/mol. The number of ether oxygens (including phenoxy) is 1. The minimum absolute atomic E-state index is 0.00485. The molecule has 1 unspecified atom stereocenters. The lowest BCUT2D eigenvalue weighted by Crippen LogP contribution is -2.40. The number of carbonyl (C=O) groups excluding carboxylic acids is 1. The van der Waals surface area contributed by atoms with Gasteiger partial charge in [-0.15, -0.1) is 11.3 Å². The third kappa shape index (κ3) is 4.69. The van der Waals surface area contributed by atoms with Crippen LogP contribution in [-0.4, -0.2) is 52.7 Å².